The number of carboxylic acid groups (broad SMARTS) is 1. The number of nitrogens with zero attached hydrogens (tertiary/aromatic N) is 3. The first-order valence-corrected chi connectivity index (χ1v) is 10.3. The van der Waals surface area contributed by atoms with Gasteiger partial charge in [-0.1, -0.05) is 32.6 Å². The van der Waals surface area contributed by atoms with E-state index in [-0.39, 0.29) is 24.1 Å². The molecule has 2 amide bonds. The molecule has 4 N–H and O–H groups in total. The Morgan fingerprint density at radius 1 is 1.24 bits per heavy atom. The maximum Gasteiger partial charge on any atom is 0.404 e. The van der Waals surface area contributed by atoms with Crippen LogP contribution < -0.4 is 21.1 Å². The van der Waals surface area contributed by atoms with Crippen molar-refractivity contribution in [3.8, 4) is 0 Å². The fourth-order valence-corrected chi connectivity index (χ4v) is 3.82. The summed E-state index contributed by atoms with van der Waals surface area (Å²) in [6.45, 7) is 3.38. The van der Waals surface area contributed by atoms with Gasteiger partial charge in [-0.15, -0.1) is 0 Å². The lowest BCUT2D eigenvalue weighted by atomic mass is 9.92. The standard InChI is InChI=1S/C19H29FN6O3/c1-2-14-22-16(15(20)17(23-14)26-8-5-9-26)24-25-18(27)13(11-21-19(28)29)10-12-6-3-4-7-12/h12-13,21H,2-11H2,1H3,(H,25,27)(H,28,29)(H,22,23,24)/t13-/m1/s1. The minimum absolute atomic E-state index is 0.0187. The first kappa shape index (κ1) is 21.1. The molecule has 0 unspecified atom stereocenters. The normalized spacial score (nSPS) is 17.5. The summed E-state index contributed by atoms with van der Waals surface area (Å²) in [4.78, 5) is 33.8. The van der Waals surface area contributed by atoms with E-state index in [0.29, 0.717) is 24.6 Å². The van der Waals surface area contributed by atoms with Gasteiger partial charge in [-0.2, -0.15) is 4.39 Å². The molecular weight excluding hydrogens is 379 g/mol. The molecule has 1 aromatic heterocycles. The second kappa shape index (κ2) is 9.71. The molecule has 1 aromatic rings. The number of hydrazine groups is 1. The second-order valence-electron chi connectivity index (χ2n) is 7.70. The van der Waals surface area contributed by atoms with E-state index in [9.17, 15) is 14.0 Å². The van der Waals surface area contributed by atoms with E-state index in [2.05, 4.69) is 26.1 Å². The zero-order valence-electron chi connectivity index (χ0n) is 16.7. The largest absolute Gasteiger partial charge is 0.465 e. The van der Waals surface area contributed by atoms with E-state index < -0.39 is 17.8 Å². The fraction of sp³-hybridized carbons (Fsp3) is 0.684. The van der Waals surface area contributed by atoms with Gasteiger partial charge in [0.1, 0.15) is 5.82 Å². The van der Waals surface area contributed by atoms with Crippen molar-refractivity contribution in [2.75, 3.05) is 30.0 Å². The van der Waals surface area contributed by atoms with Gasteiger partial charge in [0.25, 0.3) is 0 Å². The molecule has 29 heavy (non-hydrogen) atoms. The molecule has 160 valence electrons. The van der Waals surface area contributed by atoms with Gasteiger partial charge in [0.15, 0.2) is 11.6 Å². The Morgan fingerprint density at radius 2 is 1.97 bits per heavy atom. The number of rotatable bonds is 9. The molecule has 2 fully saturated rings. The van der Waals surface area contributed by atoms with Crippen molar-refractivity contribution in [2.24, 2.45) is 11.8 Å². The number of nitrogens with one attached hydrogen (secondary N) is 3. The lowest BCUT2D eigenvalue weighted by molar-refractivity contribution is -0.124. The second-order valence-corrected chi connectivity index (χ2v) is 7.70. The number of aryl methyl sites for hydroxylation is 1. The summed E-state index contributed by atoms with van der Waals surface area (Å²) in [5.41, 5.74) is 5.12. The predicted molar refractivity (Wildman–Crippen MR) is 106 cm³/mol. The van der Waals surface area contributed by atoms with E-state index in [1.165, 1.54) is 0 Å². The summed E-state index contributed by atoms with van der Waals surface area (Å²) in [6.07, 6.45) is 5.31. The Kier molecular flexibility index (Phi) is 7.05. The van der Waals surface area contributed by atoms with Crippen LogP contribution in [0.25, 0.3) is 0 Å². The van der Waals surface area contributed by atoms with E-state index in [4.69, 9.17) is 5.11 Å². The Bertz CT molecular complexity index is 737. The summed E-state index contributed by atoms with van der Waals surface area (Å²) >= 11 is 0. The number of carbonyl (C=O) groups is 2. The van der Waals surface area contributed by atoms with Crippen LogP contribution in [0.2, 0.25) is 0 Å². The van der Waals surface area contributed by atoms with Crippen molar-refractivity contribution in [2.45, 2.75) is 51.9 Å². The SMILES string of the molecule is CCc1nc(NNC(=O)[C@@H](CNC(=O)O)CC2CCCC2)c(F)c(N2CCC2)n1. The van der Waals surface area contributed by atoms with Gasteiger partial charge < -0.3 is 15.3 Å². The summed E-state index contributed by atoms with van der Waals surface area (Å²) in [5.74, 6) is -0.452. The molecule has 3 rings (SSSR count). The van der Waals surface area contributed by atoms with Crippen LogP contribution >= 0.6 is 0 Å². The van der Waals surface area contributed by atoms with Crippen LogP contribution in [0.4, 0.5) is 20.8 Å². The highest BCUT2D eigenvalue weighted by Gasteiger charge is 2.27. The number of carbonyl (C=O) groups excluding carboxylic acids is 1. The topological polar surface area (TPSA) is 119 Å². The minimum atomic E-state index is -1.17. The zero-order chi connectivity index (χ0) is 20.8. The van der Waals surface area contributed by atoms with Gasteiger partial charge in [-0.25, -0.2) is 14.8 Å². The van der Waals surface area contributed by atoms with Gasteiger partial charge in [-0.05, 0) is 18.8 Å². The van der Waals surface area contributed by atoms with Crippen LogP contribution in [0.3, 0.4) is 0 Å². The monoisotopic (exact) mass is 408 g/mol. The van der Waals surface area contributed by atoms with E-state index in [1.54, 1.807) is 0 Å². The average molecular weight is 408 g/mol. The van der Waals surface area contributed by atoms with Crippen LogP contribution in [0.15, 0.2) is 0 Å². The molecule has 0 radical (unpaired) electrons. The fourth-order valence-electron chi connectivity index (χ4n) is 3.82. The summed E-state index contributed by atoms with van der Waals surface area (Å²) in [5, 5.41) is 11.2. The van der Waals surface area contributed by atoms with Crippen LogP contribution in [0, 0.1) is 17.7 Å². The highest BCUT2D eigenvalue weighted by molar-refractivity contribution is 5.80. The van der Waals surface area contributed by atoms with Crippen LogP contribution in [-0.4, -0.2) is 46.7 Å². The van der Waals surface area contributed by atoms with E-state index in [0.717, 1.165) is 45.2 Å². The lowest BCUT2D eigenvalue weighted by Crippen LogP contribution is -2.42. The number of amides is 2. The third-order valence-corrected chi connectivity index (χ3v) is 5.62. The molecule has 0 aromatic carbocycles. The highest BCUT2D eigenvalue weighted by atomic mass is 19.1. The van der Waals surface area contributed by atoms with Crippen LogP contribution in [-0.2, 0) is 11.2 Å². The quantitative estimate of drug-likeness (QED) is 0.463. The summed E-state index contributed by atoms with van der Waals surface area (Å²) in [6, 6.07) is 0. The van der Waals surface area contributed by atoms with Crippen molar-refractivity contribution in [3.05, 3.63) is 11.6 Å². The van der Waals surface area contributed by atoms with Crippen LogP contribution in [0.1, 0.15) is 51.3 Å². The molecule has 1 atom stereocenters. The Hall–Kier alpha value is -2.65. The van der Waals surface area contributed by atoms with E-state index in [1.807, 2.05) is 11.8 Å². The molecule has 1 aliphatic heterocycles. The Balaban J connectivity index is 1.66. The molecule has 0 spiro atoms. The molecule has 2 aliphatic rings. The average Bonchev–Trinajstić information content (AvgIpc) is 3.17. The first-order valence-electron chi connectivity index (χ1n) is 10.3. The molecular formula is C19H29FN6O3. The molecule has 2 heterocycles. The number of aromatic nitrogens is 2. The number of hydrogen-bond acceptors (Lipinski definition) is 6. The van der Waals surface area contributed by atoms with Crippen molar-refractivity contribution in [3.63, 3.8) is 0 Å². The van der Waals surface area contributed by atoms with Gasteiger partial charge in [0.05, 0.1) is 5.92 Å². The van der Waals surface area contributed by atoms with Gasteiger partial charge in [-0.3, -0.25) is 15.6 Å². The predicted octanol–water partition coefficient (Wildman–Crippen LogP) is 2.30. The molecule has 1 saturated heterocycles. The van der Waals surface area contributed by atoms with Crippen molar-refractivity contribution < 1.29 is 19.1 Å². The van der Waals surface area contributed by atoms with E-state index >= 15 is 0 Å². The lowest BCUT2D eigenvalue weighted by Gasteiger charge is -2.32. The maximum atomic E-state index is 14.8. The molecule has 1 aliphatic carbocycles. The Morgan fingerprint density at radius 3 is 2.55 bits per heavy atom. The molecule has 10 heteroatoms. The number of anilines is 2. The zero-order valence-corrected chi connectivity index (χ0v) is 16.7. The number of hydrogen-bond donors (Lipinski definition) is 4. The maximum absolute atomic E-state index is 14.8. The van der Waals surface area contributed by atoms with Crippen molar-refractivity contribution in [1.82, 2.24) is 20.7 Å². The summed E-state index contributed by atoms with van der Waals surface area (Å²) < 4.78 is 14.8. The van der Waals surface area contributed by atoms with Crippen molar-refractivity contribution >= 4 is 23.6 Å². The Labute approximate surface area is 169 Å². The molecule has 1 saturated carbocycles. The highest BCUT2D eigenvalue weighted by Crippen LogP contribution is 2.30. The smallest absolute Gasteiger partial charge is 0.404 e. The van der Waals surface area contributed by atoms with Crippen molar-refractivity contribution in [1.29, 1.82) is 0 Å². The molecule has 9 nitrogen and oxygen atoms in total. The third kappa shape index (κ3) is 5.45. The van der Waals surface area contributed by atoms with Gasteiger partial charge in [0, 0.05) is 26.1 Å². The molecule has 0 bridgehead atoms. The number of halogens is 1. The third-order valence-electron chi connectivity index (χ3n) is 5.62. The van der Waals surface area contributed by atoms with Crippen LogP contribution in [0.5, 0.6) is 0 Å². The minimum Gasteiger partial charge on any atom is -0.465 e. The van der Waals surface area contributed by atoms with Gasteiger partial charge in [0.2, 0.25) is 11.7 Å². The van der Waals surface area contributed by atoms with Gasteiger partial charge >= 0.3 is 6.09 Å². The summed E-state index contributed by atoms with van der Waals surface area (Å²) in [7, 11) is 0. The first-order chi connectivity index (χ1) is 14.0.